The van der Waals surface area contributed by atoms with Crippen LogP contribution >= 0.6 is 27.5 Å². The van der Waals surface area contributed by atoms with Crippen LogP contribution in [-0.4, -0.2) is 5.24 Å². The Morgan fingerprint density at radius 3 is 2.73 bits per heavy atom. The summed E-state index contributed by atoms with van der Waals surface area (Å²) >= 11 is 8.66. The van der Waals surface area contributed by atoms with Crippen molar-refractivity contribution in [2.75, 3.05) is 0 Å². The molecule has 1 aromatic rings. The van der Waals surface area contributed by atoms with Gasteiger partial charge in [-0.15, -0.1) is 0 Å². The van der Waals surface area contributed by atoms with E-state index >= 15 is 0 Å². The van der Waals surface area contributed by atoms with Gasteiger partial charge in [0.2, 0.25) is 5.24 Å². The molecule has 0 saturated carbocycles. The zero-order chi connectivity index (χ0) is 8.01. The van der Waals surface area contributed by atoms with E-state index in [1.165, 1.54) is 0 Å². The Bertz CT molecular complexity index is 335. The van der Waals surface area contributed by atoms with Gasteiger partial charge in [-0.05, 0) is 34.9 Å². The third kappa shape index (κ3) is 1.10. The van der Waals surface area contributed by atoms with Crippen molar-refractivity contribution in [3.05, 3.63) is 33.8 Å². The molecule has 0 fully saturated rings. The summed E-state index contributed by atoms with van der Waals surface area (Å²) in [5.41, 5.74) is 2.12. The molecule has 56 valence electrons. The Labute approximate surface area is 77.5 Å². The van der Waals surface area contributed by atoms with E-state index in [2.05, 4.69) is 15.9 Å². The number of halogens is 2. The van der Waals surface area contributed by atoms with Crippen LogP contribution in [0.4, 0.5) is 0 Å². The molecule has 0 N–H and O–H groups in total. The van der Waals surface area contributed by atoms with Crippen LogP contribution in [0, 0.1) is 0 Å². The topological polar surface area (TPSA) is 17.1 Å². The molecule has 0 saturated heterocycles. The van der Waals surface area contributed by atoms with Gasteiger partial charge < -0.3 is 0 Å². The molecule has 1 unspecified atom stereocenters. The maximum absolute atomic E-state index is 10.7. The first-order valence-electron chi connectivity index (χ1n) is 3.19. The molecular formula is C8H4BrClO. The smallest absolute Gasteiger partial charge is 0.233 e. The lowest BCUT2D eigenvalue weighted by Crippen LogP contribution is -1.85. The lowest BCUT2D eigenvalue weighted by Gasteiger charge is -1.80. The predicted octanol–water partition coefficient (Wildman–Crippen LogP) is 2.66. The first kappa shape index (κ1) is 7.32. The number of hydrogen-bond donors (Lipinski definition) is 0. The minimum atomic E-state index is -0.280. The van der Waals surface area contributed by atoms with Gasteiger partial charge in [-0.2, -0.15) is 0 Å². The molecule has 1 atom stereocenters. The Balaban J connectivity index is 2.38. The fraction of sp³-hybridized carbons (Fsp3) is 0.125. The first-order valence-corrected chi connectivity index (χ1v) is 4.36. The van der Waals surface area contributed by atoms with E-state index < -0.39 is 0 Å². The molecule has 0 aromatic heterocycles. The number of rotatable bonds is 1. The van der Waals surface area contributed by atoms with Crippen molar-refractivity contribution < 1.29 is 4.79 Å². The molecule has 0 aliphatic heterocycles. The highest BCUT2D eigenvalue weighted by molar-refractivity contribution is 9.10. The van der Waals surface area contributed by atoms with Crippen LogP contribution in [0.15, 0.2) is 22.7 Å². The summed E-state index contributed by atoms with van der Waals surface area (Å²) in [6, 6.07) is 5.77. The quantitative estimate of drug-likeness (QED) is 0.679. The Kier molecular flexibility index (Phi) is 1.55. The summed E-state index contributed by atoms with van der Waals surface area (Å²) in [5, 5.41) is -0.280. The average Bonchev–Trinajstić information content (AvgIpc) is 2.60. The molecule has 11 heavy (non-hydrogen) atoms. The highest BCUT2D eigenvalue weighted by atomic mass is 79.9. The molecule has 0 bridgehead atoms. The van der Waals surface area contributed by atoms with Gasteiger partial charge in [0.25, 0.3) is 0 Å². The fourth-order valence-corrected chi connectivity index (χ4v) is 1.84. The van der Waals surface area contributed by atoms with Crippen LogP contribution in [0.5, 0.6) is 0 Å². The Morgan fingerprint density at radius 2 is 2.18 bits per heavy atom. The molecule has 0 amide bonds. The van der Waals surface area contributed by atoms with Crippen LogP contribution in [0.1, 0.15) is 17.0 Å². The first-order chi connectivity index (χ1) is 5.20. The van der Waals surface area contributed by atoms with Gasteiger partial charge in [-0.1, -0.05) is 22.0 Å². The monoisotopic (exact) mass is 230 g/mol. The molecule has 1 nitrogen and oxygen atoms in total. The molecule has 2 rings (SSSR count). The fourth-order valence-electron chi connectivity index (χ4n) is 1.23. The summed E-state index contributed by atoms with van der Waals surface area (Å²) in [5.74, 6) is -0.122. The molecule has 1 aliphatic rings. The van der Waals surface area contributed by atoms with E-state index in [0.717, 1.165) is 15.6 Å². The van der Waals surface area contributed by atoms with Gasteiger partial charge in [0.1, 0.15) is 0 Å². The number of benzene rings is 1. The zero-order valence-corrected chi connectivity index (χ0v) is 7.82. The van der Waals surface area contributed by atoms with Crippen molar-refractivity contribution >= 4 is 32.8 Å². The van der Waals surface area contributed by atoms with Crippen LogP contribution in [0.2, 0.25) is 0 Å². The van der Waals surface area contributed by atoms with Gasteiger partial charge >= 0.3 is 0 Å². The van der Waals surface area contributed by atoms with Gasteiger partial charge in [0, 0.05) is 4.47 Å². The van der Waals surface area contributed by atoms with Crippen molar-refractivity contribution in [1.29, 1.82) is 0 Å². The van der Waals surface area contributed by atoms with E-state index in [-0.39, 0.29) is 11.2 Å². The SMILES string of the molecule is O=C(Cl)C1c2ccc(Br)cc21. The highest BCUT2D eigenvalue weighted by Gasteiger charge is 2.37. The predicted molar refractivity (Wildman–Crippen MR) is 46.8 cm³/mol. The molecule has 3 heteroatoms. The van der Waals surface area contributed by atoms with Gasteiger partial charge in [-0.3, -0.25) is 4.79 Å². The average molecular weight is 231 g/mol. The third-order valence-corrected chi connectivity index (χ3v) is 2.53. The number of fused-ring (bicyclic) bond motifs is 1. The van der Waals surface area contributed by atoms with Gasteiger partial charge in [0.05, 0.1) is 5.92 Å². The van der Waals surface area contributed by atoms with Crippen molar-refractivity contribution in [2.45, 2.75) is 5.92 Å². The van der Waals surface area contributed by atoms with Crippen LogP contribution < -0.4 is 0 Å². The largest absolute Gasteiger partial charge is 0.280 e. The second kappa shape index (κ2) is 2.32. The third-order valence-electron chi connectivity index (χ3n) is 1.81. The Hall–Kier alpha value is -0.340. The molecule has 0 spiro atoms. The van der Waals surface area contributed by atoms with Gasteiger partial charge in [-0.25, -0.2) is 0 Å². The van der Waals surface area contributed by atoms with E-state index in [0.29, 0.717) is 0 Å². The van der Waals surface area contributed by atoms with Crippen LogP contribution in [0.3, 0.4) is 0 Å². The highest BCUT2D eigenvalue weighted by Crippen LogP contribution is 2.45. The number of hydrogen-bond acceptors (Lipinski definition) is 1. The van der Waals surface area contributed by atoms with E-state index in [1.807, 2.05) is 18.2 Å². The molecule has 0 radical (unpaired) electrons. The maximum atomic E-state index is 10.7. The number of carbonyl (C=O) groups is 1. The minimum Gasteiger partial charge on any atom is -0.280 e. The molecule has 1 aromatic carbocycles. The van der Waals surface area contributed by atoms with Gasteiger partial charge in [0.15, 0.2) is 0 Å². The Morgan fingerprint density at radius 1 is 1.45 bits per heavy atom. The molecule has 0 heterocycles. The number of carbonyl (C=O) groups excluding carboxylic acids is 1. The summed E-state index contributed by atoms with van der Waals surface area (Å²) < 4.78 is 0.997. The second-order valence-corrected chi connectivity index (χ2v) is 3.80. The molecule has 1 aliphatic carbocycles. The second-order valence-electron chi connectivity index (χ2n) is 2.51. The minimum absolute atomic E-state index is 0.122. The zero-order valence-electron chi connectivity index (χ0n) is 5.47. The summed E-state index contributed by atoms with van der Waals surface area (Å²) in [6.45, 7) is 0. The van der Waals surface area contributed by atoms with Crippen molar-refractivity contribution in [1.82, 2.24) is 0 Å². The maximum Gasteiger partial charge on any atom is 0.233 e. The van der Waals surface area contributed by atoms with Crippen molar-refractivity contribution in [3.63, 3.8) is 0 Å². The summed E-state index contributed by atoms with van der Waals surface area (Å²) in [7, 11) is 0. The van der Waals surface area contributed by atoms with Crippen molar-refractivity contribution in [3.8, 4) is 0 Å². The lowest BCUT2D eigenvalue weighted by atomic mass is 10.4. The lowest BCUT2D eigenvalue weighted by molar-refractivity contribution is -0.111. The van der Waals surface area contributed by atoms with Crippen LogP contribution in [-0.2, 0) is 4.79 Å². The van der Waals surface area contributed by atoms with Crippen molar-refractivity contribution in [2.24, 2.45) is 0 Å². The summed E-state index contributed by atoms with van der Waals surface area (Å²) in [6.07, 6.45) is 0. The summed E-state index contributed by atoms with van der Waals surface area (Å²) in [4.78, 5) is 10.7. The van der Waals surface area contributed by atoms with Crippen LogP contribution in [0.25, 0.3) is 0 Å². The normalized spacial score (nSPS) is 19.3. The molecular weight excluding hydrogens is 227 g/mol. The van der Waals surface area contributed by atoms with E-state index in [4.69, 9.17) is 11.6 Å². The van der Waals surface area contributed by atoms with E-state index in [1.54, 1.807) is 0 Å². The standard InChI is InChI=1S/C8H4BrClO/c9-4-1-2-5-6(3-4)7(5)8(10)11/h1-3,7H. The van der Waals surface area contributed by atoms with E-state index in [9.17, 15) is 4.79 Å².